The van der Waals surface area contributed by atoms with Crippen LogP contribution in [0, 0.1) is 6.92 Å². The minimum atomic E-state index is 0.680. The average Bonchev–Trinajstić information content (AvgIpc) is 2.70. The molecule has 0 atom stereocenters. The molecule has 0 saturated carbocycles. The molecule has 0 amide bonds. The molecular formula is C12H13ClN2OS. The summed E-state index contributed by atoms with van der Waals surface area (Å²) in [6.07, 6.45) is 0. The van der Waals surface area contributed by atoms with Crippen LogP contribution in [-0.4, -0.2) is 19.1 Å². The van der Waals surface area contributed by atoms with Crippen LogP contribution < -0.4 is 10.1 Å². The number of nitrogens with zero attached hydrogens (tertiary/aromatic N) is 1. The van der Waals surface area contributed by atoms with Crippen molar-refractivity contribution < 1.29 is 4.74 Å². The Labute approximate surface area is 109 Å². The van der Waals surface area contributed by atoms with E-state index in [-0.39, 0.29) is 0 Å². The number of nitrogens with one attached hydrogen (secondary N) is 1. The van der Waals surface area contributed by atoms with Crippen molar-refractivity contribution >= 4 is 27.9 Å². The van der Waals surface area contributed by atoms with Crippen LogP contribution in [-0.2, 0) is 0 Å². The van der Waals surface area contributed by atoms with E-state index in [0.29, 0.717) is 5.02 Å². The fourth-order valence-electron chi connectivity index (χ4n) is 1.59. The van der Waals surface area contributed by atoms with Gasteiger partial charge < -0.3 is 10.1 Å². The van der Waals surface area contributed by atoms with E-state index in [1.165, 1.54) is 0 Å². The van der Waals surface area contributed by atoms with E-state index in [4.69, 9.17) is 16.3 Å². The molecule has 0 aliphatic rings. The Morgan fingerprint density at radius 3 is 2.76 bits per heavy atom. The predicted molar refractivity (Wildman–Crippen MR) is 73.4 cm³/mol. The van der Waals surface area contributed by atoms with Crippen molar-refractivity contribution in [2.45, 2.75) is 6.92 Å². The number of benzene rings is 1. The number of ether oxygens (including phenoxy) is 1. The number of rotatable bonds is 3. The third-order valence-corrected chi connectivity index (χ3v) is 3.86. The molecule has 0 fully saturated rings. The summed E-state index contributed by atoms with van der Waals surface area (Å²) in [5, 5.41) is 5.77. The smallest absolute Gasteiger partial charge is 0.129 e. The molecule has 2 rings (SSSR count). The topological polar surface area (TPSA) is 34.1 Å². The molecule has 3 nitrogen and oxygen atoms in total. The van der Waals surface area contributed by atoms with Crippen LogP contribution in [0.15, 0.2) is 18.2 Å². The van der Waals surface area contributed by atoms with Gasteiger partial charge in [-0.1, -0.05) is 22.9 Å². The Bertz CT molecular complexity index is 539. The van der Waals surface area contributed by atoms with Crippen molar-refractivity contribution in [1.29, 1.82) is 0 Å². The van der Waals surface area contributed by atoms with Gasteiger partial charge in [-0.15, -0.1) is 0 Å². The summed E-state index contributed by atoms with van der Waals surface area (Å²) in [7, 11) is 3.53. The van der Waals surface area contributed by atoms with Crippen LogP contribution in [0.4, 0.5) is 5.00 Å². The lowest BCUT2D eigenvalue weighted by molar-refractivity contribution is 0.416. The molecule has 1 N–H and O–H groups in total. The highest BCUT2D eigenvalue weighted by molar-refractivity contribution is 7.19. The first-order valence-electron chi connectivity index (χ1n) is 5.14. The molecule has 90 valence electrons. The van der Waals surface area contributed by atoms with E-state index in [9.17, 15) is 0 Å². The summed E-state index contributed by atoms with van der Waals surface area (Å²) in [5.74, 6) is 0.783. The van der Waals surface area contributed by atoms with Gasteiger partial charge in [0.2, 0.25) is 0 Å². The molecule has 0 radical (unpaired) electrons. The van der Waals surface area contributed by atoms with Gasteiger partial charge in [0.05, 0.1) is 18.4 Å². The second kappa shape index (κ2) is 4.94. The van der Waals surface area contributed by atoms with E-state index in [1.807, 2.05) is 32.2 Å². The second-order valence-corrected chi connectivity index (χ2v) is 4.96. The van der Waals surface area contributed by atoms with Gasteiger partial charge in [0.15, 0.2) is 0 Å². The van der Waals surface area contributed by atoms with Crippen LogP contribution in [0.25, 0.3) is 10.6 Å². The zero-order valence-corrected chi connectivity index (χ0v) is 11.4. The zero-order valence-electron chi connectivity index (χ0n) is 9.87. The monoisotopic (exact) mass is 268 g/mol. The number of hydrogen-bond donors (Lipinski definition) is 1. The maximum atomic E-state index is 6.01. The molecule has 2 aromatic rings. The standard InChI is InChI=1S/C12H13ClN2OS/c1-7-11(14-2)17-12(15-7)9-6-8(13)4-5-10(9)16-3/h4-6,14H,1-3H3. The van der Waals surface area contributed by atoms with Gasteiger partial charge in [0.25, 0.3) is 0 Å². The molecule has 0 unspecified atom stereocenters. The predicted octanol–water partition coefficient (Wildman–Crippen LogP) is 3.82. The van der Waals surface area contributed by atoms with Crippen LogP contribution in [0.3, 0.4) is 0 Å². The molecule has 1 aromatic carbocycles. The van der Waals surface area contributed by atoms with Gasteiger partial charge in [0, 0.05) is 12.1 Å². The molecule has 17 heavy (non-hydrogen) atoms. The molecule has 5 heteroatoms. The minimum Gasteiger partial charge on any atom is -0.496 e. The Hall–Kier alpha value is -1.26. The Morgan fingerprint density at radius 2 is 2.18 bits per heavy atom. The number of anilines is 1. The summed E-state index contributed by atoms with van der Waals surface area (Å²) in [6, 6.07) is 5.54. The summed E-state index contributed by atoms with van der Waals surface area (Å²) in [6.45, 7) is 1.98. The van der Waals surface area contributed by atoms with Gasteiger partial charge in [0.1, 0.15) is 15.8 Å². The van der Waals surface area contributed by atoms with Gasteiger partial charge in [-0.2, -0.15) is 0 Å². The van der Waals surface area contributed by atoms with Crippen molar-refractivity contribution in [3.05, 3.63) is 28.9 Å². The summed E-state index contributed by atoms with van der Waals surface area (Å²) >= 11 is 7.60. The van der Waals surface area contributed by atoms with Crippen LogP contribution in [0.2, 0.25) is 5.02 Å². The van der Waals surface area contributed by atoms with Crippen LogP contribution in [0.5, 0.6) is 5.75 Å². The van der Waals surface area contributed by atoms with Gasteiger partial charge in [-0.05, 0) is 25.1 Å². The van der Waals surface area contributed by atoms with E-state index in [0.717, 1.165) is 27.0 Å². The number of thiazole rings is 1. The third-order valence-electron chi connectivity index (χ3n) is 2.42. The van der Waals surface area contributed by atoms with E-state index >= 15 is 0 Å². The van der Waals surface area contributed by atoms with E-state index < -0.39 is 0 Å². The van der Waals surface area contributed by atoms with Crippen LogP contribution >= 0.6 is 22.9 Å². The summed E-state index contributed by atoms with van der Waals surface area (Å²) in [4.78, 5) is 4.52. The summed E-state index contributed by atoms with van der Waals surface area (Å²) < 4.78 is 5.33. The molecule has 0 spiro atoms. The summed E-state index contributed by atoms with van der Waals surface area (Å²) in [5.41, 5.74) is 1.91. The third kappa shape index (κ3) is 2.37. The molecule has 0 saturated heterocycles. The van der Waals surface area contributed by atoms with Crippen molar-refractivity contribution in [3.8, 4) is 16.3 Å². The van der Waals surface area contributed by atoms with Gasteiger partial charge in [-0.25, -0.2) is 4.98 Å². The molecule has 1 heterocycles. The molecular weight excluding hydrogens is 256 g/mol. The first-order chi connectivity index (χ1) is 8.15. The quantitative estimate of drug-likeness (QED) is 0.919. The fourth-order valence-corrected chi connectivity index (χ4v) is 2.70. The molecule has 0 aliphatic heterocycles. The van der Waals surface area contributed by atoms with E-state index in [2.05, 4.69) is 10.3 Å². The highest BCUT2D eigenvalue weighted by Gasteiger charge is 2.13. The Kier molecular flexibility index (Phi) is 3.54. The largest absolute Gasteiger partial charge is 0.496 e. The highest BCUT2D eigenvalue weighted by Crippen LogP contribution is 2.37. The highest BCUT2D eigenvalue weighted by atomic mass is 35.5. The number of aryl methyl sites for hydroxylation is 1. The number of methoxy groups -OCH3 is 1. The lowest BCUT2D eigenvalue weighted by Crippen LogP contribution is -1.87. The molecule has 1 aromatic heterocycles. The first kappa shape index (κ1) is 12.2. The molecule has 0 bridgehead atoms. The number of hydrogen-bond acceptors (Lipinski definition) is 4. The normalized spacial score (nSPS) is 10.4. The zero-order chi connectivity index (χ0) is 12.4. The minimum absolute atomic E-state index is 0.680. The second-order valence-electron chi connectivity index (χ2n) is 3.53. The van der Waals surface area contributed by atoms with Gasteiger partial charge in [-0.3, -0.25) is 0 Å². The Morgan fingerprint density at radius 1 is 1.41 bits per heavy atom. The maximum absolute atomic E-state index is 6.01. The maximum Gasteiger partial charge on any atom is 0.129 e. The number of halogens is 1. The molecule has 0 aliphatic carbocycles. The average molecular weight is 269 g/mol. The SMILES string of the molecule is CNc1sc(-c2cc(Cl)ccc2OC)nc1C. The van der Waals surface area contributed by atoms with Crippen LogP contribution in [0.1, 0.15) is 5.69 Å². The van der Waals surface area contributed by atoms with Crippen molar-refractivity contribution in [3.63, 3.8) is 0 Å². The van der Waals surface area contributed by atoms with E-state index in [1.54, 1.807) is 18.4 Å². The van der Waals surface area contributed by atoms with Crippen molar-refractivity contribution in [2.24, 2.45) is 0 Å². The van der Waals surface area contributed by atoms with Crippen molar-refractivity contribution in [2.75, 3.05) is 19.5 Å². The Balaban J connectivity index is 2.54. The lowest BCUT2D eigenvalue weighted by Gasteiger charge is -2.05. The van der Waals surface area contributed by atoms with Crippen molar-refractivity contribution in [1.82, 2.24) is 4.98 Å². The van der Waals surface area contributed by atoms with Gasteiger partial charge >= 0.3 is 0 Å². The fraction of sp³-hybridized carbons (Fsp3) is 0.250. The lowest BCUT2D eigenvalue weighted by atomic mass is 10.2. The number of aromatic nitrogens is 1. The first-order valence-corrected chi connectivity index (χ1v) is 6.34.